The summed E-state index contributed by atoms with van der Waals surface area (Å²) in [6.45, 7) is 4.03. The highest BCUT2D eigenvalue weighted by molar-refractivity contribution is 8.15. The van der Waals surface area contributed by atoms with E-state index in [1.807, 2.05) is 66.5 Å². The molecule has 0 unspecified atom stereocenters. The van der Waals surface area contributed by atoms with Gasteiger partial charge in [-0.15, -0.1) is 0 Å². The summed E-state index contributed by atoms with van der Waals surface area (Å²) in [6.07, 6.45) is 0.766. The number of thioether (sulfide) groups is 1. The largest absolute Gasteiger partial charge is 0.326 e. The first kappa shape index (κ1) is 23.1. The van der Waals surface area contributed by atoms with Crippen LogP contribution < -0.4 is 5.32 Å². The van der Waals surface area contributed by atoms with E-state index in [1.165, 1.54) is 17.3 Å². The fourth-order valence-corrected chi connectivity index (χ4v) is 5.31. The van der Waals surface area contributed by atoms with Crippen molar-refractivity contribution in [2.75, 3.05) is 5.32 Å². The molecule has 1 N–H and O–H groups in total. The monoisotopic (exact) mass is 482 g/mol. The van der Waals surface area contributed by atoms with E-state index in [2.05, 4.69) is 41.5 Å². The summed E-state index contributed by atoms with van der Waals surface area (Å²) in [5, 5.41) is 9.61. The quantitative estimate of drug-likeness (QED) is 0.523. The van der Waals surface area contributed by atoms with Crippen molar-refractivity contribution in [2.45, 2.75) is 38.0 Å². The predicted molar refractivity (Wildman–Crippen MR) is 142 cm³/mol. The number of hydrazone groups is 1. The maximum absolute atomic E-state index is 12.8. The van der Waals surface area contributed by atoms with Gasteiger partial charge in [0.05, 0.1) is 11.8 Å². The van der Waals surface area contributed by atoms with Crippen LogP contribution >= 0.6 is 11.8 Å². The van der Waals surface area contributed by atoms with E-state index in [4.69, 9.17) is 5.10 Å². The van der Waals surface area contributed by atoms with Crippen LogP contribution in [0.1, 0.15) is 41.1 Å². The number of rotatable bonds is 5. The van der Waals surface area contributed by atoms with Crippen LogP contribution in [-0.2, 0) is 9.59 Å². The minimum absolute atomic E-state index is 0.0583. The molecule has 0 radical (unpaired) electrons. The van der Waals surface area contributed by atoms with Gasteiger partial charge in [-0.1, -0.05) is 84.1 Å². The maximum Gasteiger partial charge on any atom is 0.262 e. The van der Waals surface area contributed by atoms with Crippen LogP contribution in [0.5, 0.6) is 0 Å². The fraction of sp³-hybridized carbons (Fsp3) is 0.214. The summed E-state index contributed by atoms with van der Waals surface area (Å²) in [5.41, 5.74) is 6.08. The molecule has 0 aliphatic carbocycles. The molecule has 2 aliphatic rings. The van der Waals surface area contributed by atoms with Gasteiger partial charge in [-0.3, -0.25) is 9.59 Å². The number of benzene rings is 3. The number of amidine groups is 1. The van der Waals surface area contributed by atoms with Gasteiger partial charge >= 0.3 is 0 Å². The van der Waals surface area contributed by atoms with Gasteiger partial charge in [0.1, 0.15) is 5.25 Å². The number of nitrogens with one attached hydrogen (secondary N) is 1. The number of nitrogens with zero attached hydrogens (tertiary/aromatic N) is 3. The predicted octanol–water partition coefficient (Wildman–Crippen LogP) is 5.48. The smallest absolute Gasteiger partial charge is 0.262 e. The van der Waals surface area contributed by atoms with Gasteiger partial charge in [0, 0.05) is 18.5 Å². The molecule has 0 spiro atoms. The Bertz CT molecular complexity index is 1320. The van der Waals surface area contributed by atoms with E-state index < -0.39 is 5.25 Å². The first-order valence-electron chi connectivity index (χ1n) is 11.6. The van der Waals surface area contributed by atoms with Crippen molar-refractivity contribution in [1.82, 2.24) is 5.01 Å². The summed E-state index contributed by atoms with van der Waals surface area (Å²) in [6, 6.07) is 26.0. The summed E-state index contributed by atoms with van der Waals surface area (Å²) in [5.74, 6) is -0.502. The maximum atomic E-state index is 12.8. The molecule has 3 aromatic carbocycles. The number of amides is 2. The van der Waals surface area contributed by atoms with Crippen molar-refractivity contribution < 1.29 is 9.59 Å². The van der Waals surface area contributed by atoms with E-state index >= 15 is 0 Å². The van der Waals surface area contributed by atoms with E-state index in [0.29, 0.717) is 11.6 Å². The molecule has 35 heavy (non-hydrogen) atoms. The highest BCUT2D eigenvalue weighted by atomic mass is 32.2. The second kappa shape index (κ2) is 9.88. The Hall–Kier alpha value is -3.71. The first-order chi connectivity index (χ1) is 17.0. The Labute approximate surface area is 209 Å². The number of carbonyl (C=O) groups is 2. The van der Waals surface area contributed by atoms with E-state index in [-0.39, 0.29) is 24.3 Å². The zero-order valence-corrected chi connectivity index (χ0v) is 20.5. The van der Waals surface area contributed by atoms with Gasteiger partial charge < -0.3 is 5.32 Å². The lowest BCUT2D eigenvalue weighted by atomic mass is 9.98. The van der Waals surface area contributed by atoms with Crippen molar-refractivity contribution in [3.8, 4) is 0 Å². The van der Waals surface area contributed by atoms with Crippen LogP contribution in [0.4, 0.5) is 5.69 Å². The van der Waals surface area contributed by atoms with Crippen molar-refractivity contribution in [3.05, 3.63) is 101 Å². The first-order valence-corrected chi connectivity index (χ1v) is 12.5. The average molecular weight is 483 g/mol. The van der Waals surface area contributed by atoms with Crippen LogP contribution in [0, 0.1) is 13.8 Å². The molecule has 176 valence electrons. The van der Waals surface area contributed by atoms with Gasteiger partial charge in [-0.05, 0) is 42.7 Å². The van der Waals surface area contributed by atoms with E-state index in [9.17, 15) is 9.59 Å². The molecule has 0 saturated carbocycles. The third kappa shape index (κ3) is 5.20. The Morgan fingerprint density at radius 2 is 1.77 bits per heavy atom. The topological polar surface area (TPSA) is 74.1 Å². The lowest BCUT2D eigenvalue weighted by Gasteiger charge is -2.23. The minimum Gasteiger partial charge on any atom is -0.326 e. The molecule has 6 nitrogen and oxygen atoms in total. The molecule has 5 rings (SSSR count). The normalized spacial score (nSPS) is 19.5. The third-order valence-electron chi connectivity index (χ3n) is 6.08. The molecule has 0 fully saturated rings. The lowest BCUT2D eigenvalue weighted by Crippen LogP contribution is -2.25. The molecular weight excluding hydrogens is 456 g/mol. The number of aliphatic imine (C=N–C) groups is 1. The van der Waals surface area contributed by atoms with Crippen molar-refractivity contribution in [2.24, 2.45) is 10.1 Å². The Balaban J connectivity index is 1.34. The van der Waals surface area contributed by atoms with Crippen LogP contribution in [0.25, 0.3) is 0 Å². The Morgan fingerprint density at radius 3 is 2.51 bits per heavy atom. The highest BCUT2D eigenvalue weighted by Crippen LogP contribution is 2.38. The number of aryl methyl sites for hydroxylation is 2. The third-order valence-corrected chi connectivity index (χ3v) is 7.22. The fourth-order valence-electron chi connectivity index (χ4n) is 4.25. The van der Waals surface area contributed by atoms with Crippen LogP contribution in [0.15, 0.2) is 89.0 Å². The molecular formula is C28H26N4O2S. The van der Waals surface area contributed by atoms with Crippen molar-refractivity contribution in [1.29, 1.82) is 0 Å². The summed E-state index contributed by atoms with van der Waals surface area (Å²) in [7, 11) is 0. The second-order valence-corrected chi connectivity index (χ2v) is 10.0. The minimum atomic E-state index is -0.565. The van der Waals surface area contributed by atoms with E-state index in [1.54, 1.807) is 0 Å². The molecule has 2 atom stereocenters. The number of anilines is 1. The molecule has 2 heterocycles. The van der Waals surface area contributed by atoms with Gasteiger partial charge in [-0.2, -0.15) is 10.1 Å². The highest BCUT2D eigenvalue weighted by Gasteiger charge is 2.39. The molecule has 0 saturated heterocycles. The number of carbonyl (C=O) groups excluding carboxylic acids is 2. The molecule has 2 aliphatic heterocycles. The van der Waals surface area contributed by atoms with Gasteiger partial charge in [0.2, 0.25) is 5.91 Å². The molecule has 7 heteroatoms. The zero-order chi connectivity index (χ0) is 24.4. The van der Waals surface area contributed by atoms with E-state index in [0.717, 1.165) is 28.1 Å². The summed E-state index contributed by atoms with van der Waals surface area (Å²) < 4.78 is 0. The van der Waals surface area contributed by atoms with Gasteiger partial charge in [0.15, 0.2) is 5.17 Å². The van der Waals surface area contributed by atoms with Crippen molar-refractivity contribution in [3.63, 3.8) is 0 Å². The average Bonchev–Trinajstić information content (AvgIpc) is 3.44. The summed E-state index contributed by atoms with van der Waals surface area (Å²) >= 11 is 1.32. The van der Waals surface area contributed by atoms with Crippen LogP contribution in [0.3, 0.4) is 0 Å². The lowest BCUT2D eigenvalue weighted by molar-refractivity contribution is -0.121. The van der Waals surface area contributed by atoms with Crippen LogP contribution in [-0.4, -0.2) is 33.0 Å². The molecule has 0 bridgehead atoms. The summed E-state index contributed by atoms with van der Waals surface area (Å²) in [4.78, 5) is 29.7. The number of hydrogen-bond donors (Lipinski definition) is 1. The molecule has 0 aromatic heterocycles. The molecule has 2 amide bonds. The zero-order valence-electron chi connectivity index (χ0n) is 19.6. The molecule has 3 aromatic rings. The number of hydrogen-bond acceptors (Lipinski definition) is 5. The SMILES string of the molecule is Cc1ccc([C@@H]2CC(c3ccccc3)=NN2C2=NC(=O)[C@@H](CC(=O)Nc3cccc(C)c3)S2)cc1. The Morgan fingerprint density at radius 1 is 1.00 bits per heavy atom. The standard InChI is InChI=1S/C28H26N4O2S/c1-18-11-13-21(14-12-18)24-16-23(20-8-4-3-5-9-20)31-32(24)28-30-27(34)25(35-28)17-26(33)29-22-10-6-7-19(2)15-22/h3-15,24-25H,16-17H2,1-2H3,(H,29,33)/t24-,25+/m0/s1. The Kier molecular flexibility index (Phi) is 6.51. The van der Waals surface area contributed by atoms with Crippen LogP contribution in [0.2, 0.25) is 0 Å². The van der Waals surface area contributed by atoms with Crippen molar-refractivity contribution >= 4 is 40.1 Å². The van der Waals surface area contributed by atoms with Gasteiger partial charge in [0.25, 0.3) is 5.91 Å². The van der Waals surface area contributed by atoms with Gasteiger partial charge in [-0.25, -0.2) is 5.01 Å². The second-order valence-electron chi connectivity index (χ2n) is 8.85.